The highest BCUT2D eigenvalue weighted by atomic mass is 16.7. The first kappa shape index (κ1) is 16.9. The van der Waals surface area contributed by atoms with Gasteiger partial charge in [0, 0.05) is 37.9 Å². The second-order valence-electron chi connectivity index (χ2n) is 5.10. The number of carbonyl (C=O) groups excluding carboxylic acids is 2. The maximum absolute atomic E-state index is 11.7. The van der Waals surface area contributed by atoms with E-state index in [-0.39, 0.29) is 5.69 Å². The predicted octanol–water partition coefficient (Wildman–Crippen LogP) is 1.63. The van der Waals surface area contributed by atoms with Crippen molar-refractivity contribution < 1.29 is 28.9 Å². The first-order valence-corrected chi connectivity index (χ1v) is 6.47. The molecule has 1 aliphatic rings. The summed E-state index contributed by atoms with van der Waals surface area (Å²) in [5.41, 5.74) is -1.81. The molecule has 1 saturated heterocycles. The third-order valence-corrected chi connectivity index (χ3v) is 2.87. The molecule has 11 nitrogen and oxygen atoms in total. The quantitative estimate of drug-likeness (QED) is 0.284. The second kappa shape index (κ2) is 5.95. The van der Waals surface area contributed by atoms with Gasteiger partial charge in [-0.05, 0) is 6.07 Å². The molecule has 2 rings (SSSR count). The number of nitro groups is 2. The zero-order valence-electron chi connectivity index (χ0n) is 12.5. The Labute approximate surface area is 134 Å². The number of carbonyl (C=O) groups is 2. The van der Waals surface area contributed by atoms with Crippen molar-refractivity contribution >= 4 is 29.0 Å². The molecule has 1 heterocycles. The molecule has 0 bridgehead atoms. The molecule has 1 aromatic carbocycles. The Hall–Kier alpha value is -3.50. The lowest BCUT2D eigenvalue weighted by Gasteiger charge is -2.29. The van der Waals surface area contributed by atoms with E-state index in [2.05, 4.69) is 5.32 Å². The summed E-state index contributed by atoms with van der Waals surface area (Å²) in [6.07, 6.45) is 0.949. The van der Waals surface area contributed by atoms with Crippen LogP contribution in [0.2, 0.25) is 0 Å². The van der Waals surface area contributed by atoms with Crippen LogP contribution in [0.5, 0.6) is 0 Å². The molecular formula is C13H11N3O8. The predicted molar refractivity (Wildman–Crippen MR) is 77.7 cm³/mol. The van der Waals surface area contributed by atoms with Crippen molar-refractivity contribution in [3.63, 3.8) is 0 Å². The Balaban J connectivity index is 2.27. The average Bonchev–Trinajstić information content (AvgIpc) is 2.44. The van der Waals surface area contributed by atoms with E-state index in [9.17, 15) is 29.8 Å². The van der Waals surface area contributed by atoms with Gasteiger partial charge in [-0.2, -0.15) is 0 Å². The van der Waals surface area contributed by atoms with Crippen LogP contribution in [0.1, 0.15) is 13.8 Å². The van der Waals surface area contributed by atoms with Crippen LogP contribution in [0.4, 0.5) is 17.1 Å². The van der Waals surface area contributed by atoms with Crippen LogP contribution < -0.4 is 5.32 Å². The number of rotatable bonds is 4. The molecule has 1 fully saturated rings. The highest BCUT2D eigenvalue weighted by Gasteiger charge is 2.39. The lowest BCUT2D eigenvalue weighted by molar-refractivity contribution is -0.422. The molecular weight excluding hydrogens is 326 g/mol. The smallest absolute Gasteiger partial charge is 0.350 e. The van der Waals surface area contributed by atoms with Crippen molar-refractivity contribution in [1.29, 1.82) is 0 Å². The summed E-state index contributed by atoms with van der Waals surface area (Å²) in [4.78, 5) is 43.3. The van der Waals surface area contributed by atoms with Crippen molar-refractivity contribution in [2.75, 3.05) is 5.32 Å². The lowest BCUT2D eigenvalue weighted by Crippen LogP contribution is -2.42. The molecule has 11 heteroatoms. The van der Waals surface area contributed by atoms with Gasteiger partial charge in [0.05, 0.1) is 9.85 Å². The number of esters is 2. The fourth-order valence-corrected chi connectivity index (χ4v) is 1.85. The first-order chi connectivity index (χ1) is 11.1. The number of hydrogen-bond donors (Lipinski definition) is 1. The first-order valence-electron chi connectivity index (χ1n) is 6.47. The Bertz CT molecular complexity index is 761. The van der Waals surface area contributed by atoms with Crippen LogP contribution >= 0.6 is 0 Å². The summed E-state index contributed by atoms with van der Waals surface area (Å²) in [5, 5.41) is 24.1. The van der Waals surface area contributed by atoms with E-state index in [4.69, 9.17) is 9.47 Å². The molecule has 0 unspecified atom stereocenters. The van der Waals surface area contributed by atoms with Gasteiger partial charge in [-0.15, -0.1) is 0 Å². The fraction of sp³-hybridized carbons (Fsp3) is 0.231. The zero-order chi connectivity index (χ0) is 18.1. The van der Waals surface area contributed by atoms with Crippen molar-refractivity contribution in [3.8, 4) is 0 Å². The van der Waals surface area contributed by atoms with Crippen LogP contribution in [0.15, 0.2) is 30.0 Å². The van der Waals surface area contributed by atoms with Gasteiger partial charge in [-0.3, -0.25) is 20.2 Å². The number of cyclic esters (lactones) is 2. The number of nitro benzene ring substituents is 2. The van der Waals surface area contributed by atoms with Crippen LogP contribution in [-0.2, 0) is 19.1 Å². The highest BCUT2D eigenvalue weighted by Crippen LogP contribution is 2.30. The van der Waals surface area contributed by atoms with Gasteiger partial charge in [0.2, 0.25) is 0 Å². The van der Waals surface area contributed by atoms with Gasteiger partial charge in [0.1, 0.15) is 0 Å². The Kier molecular flexibility index (Phi) is 4.18. The molecule has 1 N–H and O–H groups in total. The van der Waals surface area contributed by atoms with Crippen molar-refractivity contribution in [2.45, 2.75) is 19.6 Å². The van der Waals surface area contributed by atoms with Gasteiger partial charge in [0.25, 0.3) is 5.79 Å². The van der Waals surface area contributed by atoms with Crippen molar-refractivity contribution in [1.82, 2.24) is 0 Å². The minimum absolute atomic E-state index is 0.0604. The average molecular weight is 337 g/mol. The fourth-order valence-electron chi connectivity index (χ4n) is 1.85. The van der Waals surface area contributed by atoms with Gasteiger partial charge >= 0.3 is 23.3 Å². The van der Waals surface area contributed by atoms with E-state index >= 15 is 0 Å². The third kappa shape index (κ3) is 3.45. The largest absolute Gasteiger partial charge is 0.419 e. The van der Waals surface area contributed by atoms with Gasteiger partial charge < -0.3 is 14.8 Å². The highest BCUT2D eigenvalue weighted by molar-refractivity contribution is 6.15. The lowest BCUT2D eigenvalue weighted by atomic mass is 10.2. The summed E-state index contributed by atoms with van der Waals surface area (Å²) < 4.78 is 9.74. The van der Waals surface area contributed by atoms with E-state index < -0.39 is 44.5 Å². The van der Waals surface area contributed by atoms with Crippen molar-refractivity contribution in [2.24, 2.45) is 0 Å². The maximum atomic E-state index is 11.7. The summed E-state index contributed by atoms with van der Waals surface area (Å²) in [6.45, 7) is 2.76. The molecule has 126 valence electrons. The molecule has 1 aromatic rings. The molecule has 0 amide bonds. The third-order valence-electron chi connectivity index (χ3n) is 2.87. The second-order valence-corrected chi connectivity index (χ2v) is 5.10. The molecule has 0 spiro atoms. The Morgan fingerprint density at radius 1 is 1.04 bits per heavy atom. The van der Waals surface area contributed by atoms with Crippen LogP contribution in [0, 0.1) is 20.2 Å². The van der Waals surface area contributed by atoms with Crippen LogP contribution in [-0.4, -0.2) is 27.6 Å². The maximum Gasteiger partial charge on any atom is 0.350 e. The van der Waals surface area contributed by atoms with Gasteiger partial charge in [-0.25, -0.2) is 9.59 Å². The number of nitrogens with zero attached hydrogens (tertiary/aromatic N) is 2. The zero-order valence-corrected chi connectivity index (χ0v) is 12.5. The van der Waals surface area contributed by atoms with E-state index in [1.807, 2.05) is 0 Å². The Morgan fingerprint density at radius 2 is 1.58 bits per heavy atom. The molecule has 1 aliphatic heterocycles. The summed E-state index contributed by atoms with van der Waals surface area (Å²) >= 11 is 0. The van der Waals surface area contributed by atoms with Gasteiger partial charge in [0.15, 0.2) is 5.57 Å². The summed E-state index contributed by atoms with van der Waals surface area (Å²) in [6, 6.07) is 3.02. The Morgan fingerprint density at radius 3 is 2.08 bits per heavy atom. The minimum atomic E-state index is -1.39. The van der Waals surface area contributed by atoms with Crippen LogP contribution in [0.25, 0.3) is 0 Å². The topological polar surface area (TPSA) is 151 Å². The number of benzene rings is 1. The summed E-state index contributed by atoms with van der Waals surface area (Å²) in [5.74, 6) is -3.25. The monoisotopic (exact) mass is 337 g/mol. The summed E-state index contributed by atoms with van der Waals surface area (Å²) in [7, 11) is 0. The van der Waals surface area contributed by atoms with E-state index in [0.717, 1.165) is 18.3 Å². The van der Waals surface area contributed by atoms with E-state index in [1.165, 1.54) is 19.9 Å². The molecule has 24 heavy (non-hydrogen) atoms. The number of nitrogens with one attached hydrogen (secondary N) is 1. The number of ether oxygens (including phenoxy) is 2. The minimum Gasteiger partial charge on any atom is -0.419 e. The number of anilines is 1. The van der Waals surface area contributed by atoms with Crippen molar-refractivity contribution in [3.05, 3.63) is 50.2 Å². The number of hydrogen-bond acceptors (Lipinski definition) is 9. The van der Waals surface area contributed by atoms with Gasteiger partial charge in [-0.1, -0.05) is 0 Å². The van der Waals surface area contributed by atoms with E-state index in [0.29, 0.717) is 0 Å². The normalized spacial score (nSPS) is 16.0. The van der Waals surface area contributed by atoms with E-state index in [1.54, 1.807) is 0 Å². The molecule has 0 atom stereocenters. The SMILES string of the molecule is CC1(C)OC(=O)C(=CNc2ccc([N+](=O)[O-])c([N+](=O)[O-])c2)C(=O)O1. The molecule has 0 aromatic heterocycles. The molecule has 0 aliphatic carbocycles. The molecule has 0 radical (unpaired) electrons. The standard InChI is InChI=1S/C13H11N3O8/c1-13(2)23-11(17)8(12(18)24-13)6-14-7-3-4-9(15(19)20)10(5-7)16(21)22/h3-6,14H,1-2H3. The van der Waals surface area contributed by atoms with Crippen LogP contribution in [0.3, 0.4) is 0 Å². The molecule has 0 saturated carbocycles.